The highest BCUT2D eigenvalue weighted by Gasteiger charge is 2.00. The fraction of sp³-hybridized carbons (Fsp3) is 0.375. The molecular weight excluding hydrogens is 156 g/mol. The lowest BCUT2D eigenvalue weighted by Crippen LogP contribution is -2.05. The number of rotatable bonds is 3. The van der Waals surface area contributed by atoms with Crippen molar-refractivity contribution < 1.29 is 9.84 Å². The van der Waals surface area contributed by atoms with Gasteiger partial charge in [0, 0.05) is 5.69 Å². The smallest absolute Gasteiger partial charge is 0.237 e. The average Bonchev–Trinajstić information content (AvgIpc) is 2.07. The molecule has 0 aliphatic heterocycles. The molecule has 4 heteroatoms. The summed E-state index contributed by atoms with van der Waals surface area (Å²) in [5, 5.41) is 8.49. The normalized spacial score (nSPS) is 9.83. The number of aryl methyl sites for hydroxylation is 1. The summed E-state index contributed by atoms with van der Waals surface area (Å²) >= 11 is 0. The first-order valence-corrected chi connectivity index (χ1v) is 3.71. The molecule has 1 heterocycles. The third-order valence-electron chi connectivity index (χ3n) is 1.36. The molecule has 0 aliphatic rings. The monoisotopic (exact) mass is 168 g/mol. The van der Waals surface area contributed by atoms with Crippen LogP contribution in [0.25, 0.3) is 0 Å². The first-order chi connectivity index (χ1) is 5.74. The Morgan fingerprint density at radius 1 is 1.58 bits per heavy atom. The van der Waals surface area contributed by atoms with Crippen molar-refractivity contribution in [2.75, 3.05) is 18.9 Å². The Morgan fingerprint density at radius 2 is 2.33 bits per heavy atom. The second-order valence-corrected chi connectivity index (χ2v) is 2.42. The molecule has 0 saturated carbocycles. The van der Waals surface area contributed by atoms with Crippen LogP contribution >= 0.6 is 0 Å². The number of pyridine rings is 1. The maximum atomic E-state index is 8.49. The number of aromatic nitrogens is 1. The van der Waals surface area contributed by atoms with Crippen LogP contribution in [0.5, 0.6) is 5.88 Å². The van der Waals surface area contributed by atoms with Gasteiger partial charge >= 0.3 is 0 Å². The Hall–Kier alpha value is -1.29. The van der Waals surface area contributed by atoms with Gasteiger partial charge in [0.25, 0.3) is 0 Å². The van der Waals surface area contributed by atoms with E-state index in [-0.39, 0.29) is 13.2 Å². The molecule has 0 radical (unpaired) electrons. The topological polar surface area (TPSA) is 68.4 Å². The van der Waals surface area contributed by atoms with Crippen molar-refractivity contribution in [2.45, 2.75) is 6.92 Å². The molecule has 0 atom stereocenters. The van der Waals surface area contributed by atoms with Crippen LogP contribution in [0.3, 0.4) is 0 Å². The summed E-state index contributed by atoms with van der Waals surface area (Å²) in [4.78, 5) is 4.05. The van der Waals surface area contributed by atoms with Crippen LogP contribution in [0, 0.1) is 6.92 Å². The van der Waals surface area contributed by atoms with Crippen molar-refractivity contribution in [3.05, 3.63) is 17.8 Å². The molecule has 66 valence electrons. The van der Waals surface area contributed by atoms with Crippen LogP contribution in [0.1, 0.15) is 5.69 Å². The molecule has 0 unspecified atom stereocenters. The van der Waals surface area contributed by atoms with E-state index in [9.17, 15) is 0 Å². The number of ether oxygens (including phenoxy) is 1. The highest BCUT2D eigenvalue weighted by atomic mass is 16.5. The largest absolute Gasteiger partial charge is 0.474 e. The van der Waals surface area contributed by atoms with Crippen LogP contribution in [0.15, 0.2) is 12.1 Å². The average molecular weight is 168 g/mol. The number of aliphatic hydroxyl groups excluding tert-OH is 1. The highest BCUT2D eigenvalue weighted by Crippen LogP contribution is 2.17. The third-order valence-corrected chi connectivity index (χ3v) is 1.36. The number of nitrogen functional groups attached to an aromatic ring is 1. The van der Waals surface area contributed by atoms with Crippen molar-refractivity contribution in [1.82, 2.24) is 4.98 Å². The van der Waals surface area contributed by atoms with Gasteiger partial charge < -0.3 is 15.6 Å². The molecular formula is C8H12N2O2. The summed E-state index contributed by atoms with van der Waals surface area (Å²) in [6, 6.07) is 3.54. The number of aliphatic hydroxyl groups is 1. The van der Waals surface area contributed by atoms with Crippen molar-refractivity contribution in [1.29, 1.82) is 0 Å². The van der Waals surface area contributed by atoms with E-state index in [0.717, 1.165) is 5.69 Å². The van der Waals surface area contributed by atoms with Gasteiger partial charge in [0.1, 0.15) is 6.61 Å². The second-order valence-electron chi connectivity index (χ2n) is 2.42. The van der Waals surface area contributed by atoms with E-state index in [4.69, 9.17) is 15.6 Å². The summed E-state index contributed by atoms with van der Waals surface area (Å²) in [5.41, 5.74) is 6.90. The van der Waals surface area contributed by atoms with E-state index in [2.05, 4.69) is 4.98 Å². The summed E-state index contributed by atoms with van der Waals surface area (Å²) < 4.78 is 5.08. The predicted octanol–water partition coefficient (Wildman–Crippen LogP) is 0.343. The Bertz CT molecular complexity index is 263. The zero-order valence-electron chi connectivity index (χ0n) is 6.95. The lowest BCUT2D eigenvalue weighted by molar-refractivity contribution is 0.197. The van der Waals surface area contributed by atoms with E-state index in [1.54, 1.807) is 12.1 Å². The van der Waals surface area contributed by atoms with Crippen LogP contribution in [0.2, 0.25) is 0 Å². The summed E-state index contributed by atoms with van der Waals surface area (Å²) in [6.45, 7) is 2.04. The Morgan fingerprint density at radius 3 is 3.00 bits per heavy atom. The maximum absolute atomic E-state index is 8.49. The van der Waals surface area contributed by atoms with Crippen LogP contribution in [-0.2, 0) is 0 Å². The molecule has 1 aromatic rings. The molecule has 0 aliphatic carbocycles. The van der Waals surface area contributed by atoms with Gasteiger partial charge in [-0.25, -0.2) is 4.98 Å². The van der Waals surface area contributed by atoms with E-state index in [0.29, 0.717) is 11.6 Å². The van der Waals surface area contributed by atoms with E-state index < -0.39 is 0 Å². The number of hydrogen-bond donors (Lipinski definition) is 2. The number of anilines is 1. The molecule has 0 bridgehead atoms. The van der Waals surface area contributed by atoms with Crippen LogP contribution < -0.4 is 10.5 Å². The van der Waals surface area contributed by atoms with Gasteiger partial charge in [-0.05, 0) is 19.1 Å². The van der Waals surface area contributed by atoms with Gasteiger partial charge in [-0.15, -0.1) is 0 Å². The van der Waals surface area contributed by atoms with E-state index in [1.807, 2.05) is 6.92 Å². The summed E-state index contributed by atoms with van der Waals surface area (Å²) in [6.07, 6.45) is 0. The first kappa shape index (κ1) is 8.80. The van der Waals surface area contributed by atoms with E-state index >= 15 is 0 Å². The first-order valence-electron chi connectivity index (χ1n) is 3.71. The molecule has 0 spiro atoms. The number of hydrogen-bond acceptors (Lipinski definition) is 4. The third kappa shape index (κ3) is 2.10. The maximum Gasteiger partial charge on any atom is 0.237 e. The fourth-order valence-corrected chi connectivity index (χ4v) is 0.802. The molecule has 0 aromatic carbocycles. The summed E-state index contributed by atoms with van der Waals surface area (Å²) in [7, 11) is 0. The Labute approximate surface area is 71.0 Å². The quantitative estimate of drug-likeness (QED) is 0.683. The summed E-state index contributed by atoms with van der Waals surface area (Å²) in [5.74, 6) is 0.393. The highest BCUT2D eigenvalue weighted by molar-refractivity contribution is 5.48. The molecule has 4 nitrogen and oxygen atoms in total. The van der Waals surface area contributed by atoms with Gasteiger partial charge in [0.05, 0.1) is 12.3 Å². The Kier molecular flexibility index (Phi) is 2.88. The molecule has 0 fully saturated rings. The van der Waals surface area contributed by atoms with Gasteiger partial charge in [-0.3, -0.25) is 0 Å². The van der Waals surface area contributed by atoms with Gasteiger partial charge in [0.15, 0.2) is 0 Å². The lowest BCUT2D eigenvalue weighted by Gasteiger charge is -2.06. The van der Waals surface area contributed by atoms with E-state index in [1.165, 1.54) is 0 Å². The molecule has 1 rings (SSSR count). The van der Waals surface area contributed by atoms with Crippen molar-refractivity contribution in [3.8, 4) is 5.88 Å². The molecule has 1 aromatic heterocycles. The minimum atomic E-state index is -0.0327. The lowest BCUT2D eigenvalue weighted by atomic mass is 10.3. The molecule has 0 saturated heterocycles. The fourth-order valence-electron chi connectivity index (χ4n) is 0.802. The Balaban J connectivity index is 2.75. The van der Waals surface area contributed by atoms with Crippen molar-refractivity contribution >= 4 is 5.69 Å². The zero-order valence-corrected chi connectivity index (χ0v) is 6.95. The van der Waals surface area contributed by atoms with Crippen molar-refractivity contribution in [2.24, 2.45) is 0 Å². The number of nitrogens with zero attached hydrogens (tertiary/aromatic N) is 1. The van der Waals surface area contributed by atoms with Crippen molar-refractivity contribution in [3.63, 3.8) is 0 Å². The minimum absolute atomic E-state index is 0.0327. The second kappa shape index (κ2) is 3.92. The minimum Gasteiger partial charge on any atom is -0.474 e. The number of nitrogens with two attached hydrogens (primary N) is 1. The van der Waals surface area contributed by atoms with Gasteiger partial charge in [-0.1, -0.05) is 0 Å². The molecule has 12 heavy (non-hydrogen) atoms. The SMILES string of the molecule is Cc1ccc(N)c(OCCO)n1. The standard InChI is InChI=1S/C8H12N2O2/c1-6-2-3-7(9)8(10-6)12-5-4-11/h2-3,11H,4-5,9H2,1H3. The molecule has 0 amide bonds. The van der Waals surface area contributed by atoms with Gasteiger partial charge in [-0.2, -0.15) is 0 Å². The molecule has 3 N–H and O–H groups in total. The predicted molar refractivity (Wildman–Crippen MR) is 46.0 cm³/mol. The van der Waals surface area contributed by atoms with Crippen LogP contribution in [-0.4, -0.2) is 23.3 Å². The zero-order chi connectivity index (χ0) is 8.97. The van der Waals surface area contributed by atoms with Crippen LogP contribution in [0.4, 0.5) is 5.69 Å². The van der Waals surface area contributed by atoms with Gasteiger partial charge in [0.2, 0.25) is 5.88 Å².